The molecule has 0 bridgehead atoms. The van der Waals surface area contributed by atoms with E-state index >= 15 is 0 Å². The second-order valence-corrected chi connectivity index (χ2v) is 3.53. The van der Waals surface area contributed by atoms with Gasteiger partial charge < -0.3 is 0 Å². The molecule has 0 aromatic heterocycles. The number of amides is 1. The van der Waals surface area contributed by atoms with Crippen molar-refractivity contribution < 1.29 is 4.79 Å². The van der Waals surface area contributed by atoms with E-state index in [1.165, 1.54) is 0 Å². The van der Waals surface area contributed by atoms with Crippen LogP contribution in [0.25, 0.3) is 0 Å². The molecule has 0 atom stereocenters. The van der Waals surface area contributed by atoms with Crippen LogP contribution in [0.5, 0.6) is 0 Å². The van der Waals surface area contributed by atoms with Crippen LogP contribution in [-0.4, -0.2) is 23.2 Å². The van der Waals surface area contributed by atoms with Gasteiger partial charge in [0.25, 0.3) is 0 Å². The fourth-order valence-corrected chi connectivity index (χ4v) is 1.65. The molecule has 78 valence electrons. The monoisotopic (exact) mass is 202 g/mol. The van der Waals surface area contributed by atoms with E-state index in [2.05, 4.69) is 5.10 Å². The lowest BCUT2D eigenvalue weighted by Gasteiger charge is -2.08. The van der Waals surface area contributed by atoms with Gasteiger partial charge in [-0.15, -0.1) is 0 Å². The van der Waals surface area contributed by atoms with Crippen LogP contribution in [0, 0.1) is 0 Å². The Balaban J connectivity index is 2.17. The quantitative estimate of drug-likeness (QED) is 0.722. The summed E-state index contributed by atoms with van der Waals surface area (Å²) >= 11 is 0. The molecule has 1 aliphatic rings. The average Bonchev–Trinajstić information content (AvgIpc) is 2.78. The first-order chi connectivity index (χ1) is 7.31. The molecule has 0 fully saturated rings. The molecule has 1 aliphatic heterocycles. The molecule has 1 amide bonds. The molecule has 1 aromatic rings. The molecule has 2 rings (SSSR count). The van der Waals surface area contributed by atoms with Crippen LogP contribution < -0.4 is 0 Å². The van der Waals surface area contributed by atoms with Gasteiger partial charge in [-0.25, -0.2) is 5.01 Å². The standard InChI is InChI=1S/C12H14N2O/c1-2-12(15)14-9-8-11(13-14)10-6-4-3-5-7-10/h3-7H,2,8-9H2,1H3. The van der Waals surface area contributed by atoms with E-state index in [1.807, 2.05) is 37.3 Å². The number of hydrazone groups is 1. The maximum atomic E-state index is 11.4. The molecule has 0 radical (unpaired) electrons. The Bertz CT molecular complexity index is 384. The summed E-state index contributed by atoms with van der Waals surface area (Å²) in [6.45, 7) is 2.58. The topological polar surface area (TPSA) is 32.7 Å². The van der Waals surface area contributed by atoms with Crippen molar-refractivity contribution in [3.8, 4) is 0 Å². The third-order valence-electron chi connectivity index (χ3n) is 2.50. The number of hydrogen-bond donors (Lipinski definition) is 0. The van der Waals surface area contributed by atoms with Crippen LogP contribution in [0.15, 0.2) is 35.4 Å². The van der Waals surface area contributed by atoms with Gasteiger partial charge >= 0.3 is 0 Å². The first kappa shape index (κ1) is 9.90. The van der Waals surface area contributed by atoms with E-state index in [-0.39, 0.29) is 5.91 Å². The van der Waals surface area contributed by atoms with Crippen molar-refractivity contribution in [3.05, 3.63) is 35.9 Å². The number of carbonyl (C=O) groups excluding carboxylic acids is 1. The van der Waals surface area contributed by atoms with E-state index in [0.717, 1.165) is 24.2 Å². The first-order valence-electron chi connectivity index (χ1n) is 5.24. The van der Waals surface area contributed by atoms with Crippen molar-refractivity contribution >= 4 is 11.6 Å². The van der Waals surface area contributed by atoms with Crippen molar-refractivity contribution in [2.24, 2.45) is 5.10 Å². The van der Waals surface area contributed by atoms with E-state index < -0.39 is 0 Å². The molecular weight excluding hydrogens is 188 g/mol. The van der Waals surface area contributed by atoms with Crippen LogP contribution in [0.3, 0.4) is 0 Å². The lowest BCUT2D eigenvalue weighted by molar-refractivity contribution is -0.130. The lowest BCUT2D eigenvalue weighted by atomic mass is 10.1. The predicted molar refractivity (Wildman–Crippen MR) is 59.6 cm³/mol. The van der Waals surface area contributed by atoms with Crippen molar-refractivity contribution in [1.29, 1.82) is 0 Å². The van der Waals surface area contributed by atoms with Crippen molar-refractivity contribution in [1.82, 2.24) is 5.01 Å². The largest absolute Gasteiger partial charge is 0.273 e. The minimum atomic E-state index is 0.0981. The summed E-state index contributed by atoms with van der Waals surface area (Å²) in [4.78, 5) is 11.4. The van der Waals surface area contributed by atoms with Crippen LogP contribution >= 0.6 is 0 Å². The molecule has 0 N–H and O–H groups in total. The SMILES string of the molecule is CCC(=O)N1CCC(c2ccccc2)=N1. The number of nitrogens with zero attached hydrogens (tertiary/aromatic N) is 2. The second kappa shape index (κ2) is 4.26. The fraction of sp³-hybridized carbons (Fsp3) is 0.333. The summed E-state index contributed by atoms with van der Waals surface area (Å²) in [6.07, 6.45) is 1.38. The van der Waals surface area contributed by atoms with Gasteiger partial charge in [-0.05, 0) is 5.56 Å². The lowest BCUT2D eigenvalue weighted by Crippen LogP contribution is -2.21. The van der Waals surface area contributed by atoms with E-state index in [1.54, 1.807) is 5.01 Å². The minimum absolute atomic E-state index is 0.0981. The zero-order valence-electron chi connectivity index (χ0n) is 8.81. The molecular formula is C12H14N2O. The third kappa shape index (κ3) is 2.06. The predicted octanol–water partition coefficient (Wildman–Crippen LogP) is 2.03. The highest BCUT2D eigenvalue weighted by molar-refractivity contribution is 6.02. The summed E-state index contributed by atoms with van der Waals surface area (Å²) in [5.41, 5.74) is 2.13. The second-order valence-electron chi connectivity index (χ2n) is 3.53. The summed E-state index contributed by atoms with van der Waals surface area (Å²) in [5.74, 6) is 0.0981. The van der Waals surface area contributed by atoms with E-state index in [9.17, 15) is 4.79 Å². The van der Waals surface area contributed by atoms with Crippen LogP contribution in [0.2, 0.25) is 0 Å². The molecule has 15 heavy (non-hydrogen) atoms. The number of hydrogen-bond acceptors (Lipinski definition) is 2. The molecule has 0 saturated carbocycles. The molecule has 0 unspecified atom stereocenters. The Kier molecular flexibility index (Phi) is 2.81. The Morgan fingerprint density at radius 1 is 1.40 bits per heavy atom. The van der Waals surface area contributed by atoms with Gasteiger partial charge in [0, 0.05) is 12.8 Å². The van der Waals surface area contributed by atoms with Gasteiger partial charge in [-0.1, -0.05) is 37.3 Å². The van der Waals surface area contributed by atoms with Crippen molar-refractivity contribution in [2.75, 3.05) is 6.54 Å². The van der Waals surface area contributed by atoms with Gasteiger partial charge in [0.2, 0.25) is 5.91 Å². The Morgan fingerprint density at radius 2 is 2.13 bits per heavy atom. The number of benzene rings is 1. The van der Waals surface area contributed by atoms with Gasteiger partial charge in [0.1, 0.15) is 0 Å². The number of rotatable bonds is 2. The van der Waals surface area contributed by atoms with Crippen LogP contribution in [0.4, 0.5) is 0 Å². The normalized spacial score (nSPS) is 15.3. The molecule has 3 heteroatoms. The van der Waals surface area contributed by atoms with Gasteiger partial charge in [-0.3, -0.25) is 4.79 Å². The molecule has 0 aliphatic carbocycles. The third-order valence-corrected chi connectivity index (χ3v) is 2.50. The fourth-order valence-electron chi connectivity index (χ4n) is 1.65. The van der Waals surface area contributed by atoms with Gasteiger partial charge in [-0.2, -0.15) is 5.10 Å². The zero-order valence-corrected chi connectivity index (χ0v) is 8.81. The summed E-state index contributed by atoms with van der Waals surface area (Å²) in [6, 6.07) is 10.0. The first-order valence-corrected chi connectivity index (χ1v) is 5.24. The maximum absolute atomic E-state index is 11.4. The van der Waals surface area contributed by atoms with Crippen molar-refractivity contribution in [2.45, 2.75) is 19.8 Å². The summed E-state index contributed by atoms with van der Waals surface area (Å²) in [5, 5.41) is 5.90. The molecule has 3 nitrogen and oxygen atoms in total. The Hall–Kier alpha value is -1.64. The Labute approximate surface area is 89.4 Å². The van der Waals surface area contributed by atoms with Crippen molar-refractivity contribution in [3.63, 3.8) is 0 Å². The zero-order chi connectivity index (χ0) is 10.7. The average molecular weight is 202 g/mol. The molecule has 0 spiro atoms. The van der Waals surface area contributed by atoms with Crippen LogP contribution in [0.1, 0.15) is 25.3 Å². The molecule has 1 aromatic carbocycles. The molecule has 1 heterocycles. The molecule has 0 saturated heterocycles. The van der Waals surface area contributed by atoms with Gasteiger partial charge in [0.15, 0.2) is 0 Å². The van der Waals surface area contributed by atoms with E-state index in [0.29, 0.717) is 6.42 Å². The smallest absolute Gasteiger partial charge is 0.242 e. The highest BCUT2D eigenvalue weighted by Crippen LogP contribution is 2.14. The minimum Gasteiger partial charge on any atom is -0.273 e. The summed E-state index contributed by atoms with van der Waals surface area (Å²) < 4.78 is 0. The highest BCUT2D eigenvalue weighted by atomic mass is 16.2. The number of carbonyl (C=O) groups is 1. The van der Waals surface area contributed by atoms with Gasteiger partial charge in [0.05, 0.1) is 12.3 Å². The highest BCUT2D eigenvalue weighted by Gasteiger charge is 2.19. The van der Waals surface area contributed by atoms with E-state index in [4.69, 9.17) is 0 Å². The van der Waals surface area contributed by atoms with Crippen LogP contribution in [-0.2, 0) is 4.79 Å². The maximum Gasteiger partial charge on any atom is 0.242 e. The Morgan fingerprint density at radius 3 is 2.80 bits per heavy atom. The summed E-state index contributed by atoms with van der Waals surface area (Å²) in [7, 11) is 0.